The third kappa shape index (κ3) is 6.45. The van der Waals surface area contributed by atoms with Crippen LogP contribution in [0.15, 0.2) is 71.6 Å². The Morgan fingerprint density at radius 3 is 2.17 bits per heavy atom. The normalized spacial score (nSPS) is 11.0. The van der Waals surface area contributed by atoms with Crippen LogP contribution in [0.1, 0.15) is 18.1 Å². The van der Waals surface area contributed by atoms with Gasteiger partial charge in [-0.15, -0.1) is 0 Å². The molecule has 1 N–H and O–H groups in total. The molecule has 0 bridgehead atoms. The lowest BCUT2D eigenvalue weighted by Gasteiger charge is -2.24. The molecule has 0 aliphatic carbocycles. The van der Waals surface area contributed by atoms with Crippen molar-refractivity contribution >= 4 is 21.6 Å². The summed E-state index contributed by atoms with van der Waals surface area (Å²) in [5.74, 6) is 0.983. The molecular weight excluding hydrogens is 468 g/mol. The first kappa shape index (κ1) is 25.9. The van der Waals surface area contributed by atoms with E-state index in [-0.39, 0.29) is 17.2 Å². The molecule has 0 radical (unpaired) electrons. The van der Waals surface area contributed by atoms with Crippen molar-refractivity contribution in [3.63, 3.8) is 0 Å². The van der Waals surface area contributed by atoms with Gasteiger partial charge in [0.05, 0.1) is 31.4 Å². The molecular formula is C26H30N2O6S. The van der Waals surface area contributed by atoms with Gasteiger partial charge in [-0.3, -0.25) is 9.10 Å². The second-order valence-electron chi connectivity index (χ2n) is 7.72. The maximum absolute atomic E-state index is 13.6. The van der Waals surface area contributed by atoms with Crippen LogP contribution in [0.4, 0.5) is 5.69 Å². The lowest BCUT2D eigenvalue weighted by Crippen LogP contribution is -2.40. The molecule has 9 heteroatoms. The Morgan fingerprint density at radius 1 is 0.914 bits per heavy atom. The van der Waals surface area contributed by atoms with E-state index in [1.165, 1.54) is 32.4 Å². The minimum atomic E-state index is -4.09. The Hall–Kier alpha value is -3.72. The van der Waals surface area contributed by atoms with Crippen LogP contribution in [0.2, 0.25) is 0 Å². The van der Waals surface area contributed by atoms with Crippen LogP contribution in [0.25, 0.3) is 0 Å². The zero-order chi connectivity index (χ0) is 25.4. The quantitative estimate of drug-likeness (QED) is 0.431. The number of anilines is 1. The number of methoxy groups -OCH3 is 2. The Bertz CT molecular complexity index is 1240. The predicted octanol–water partition coefficient (Wildman–Crippen LogP) is 3.92. The minimum absolute atomic E-state index is 0.0185. The molecule has 0 fully saturated rings. The molecule has 0 heterocycles. The Kier molecular flexibility index (Phi) is 8.59. The van der Waals surface area contributed by atoms with E-state index in [0.29, 0.717) is 18.0 Å². The average Bonchev–Trinajstić information content (AvgIpc) is 2.87. The first-order valence-electron chi connectivity index (χ1n) is 11.1. The van der Waals surface area contributed by atoms with Crippen molar-refractivity contribution < 1.29 is 27.4 Å². The van der Waals surface area contributed by atoms with Gasteiger partial charge >= 0.3 is 0 Å². The van der Waals surface area contributed by atoms with E-state index < -0.39 is 22.5 Å². The number of hydrogen-bond donors (Lipinski definition) is 1. The van der Waals surface area contributed by atoms with Crippen molar-refractivity contribution in [3.05, 3.63) is 77.9 Å². The summed E-state index contributed by atoms with van der Waals surface area (Å²) in [5, 5.41) is 2.80. The number of carbonyl (C=O) groups excluding carboxylic acids is 1. The zero-order valence-corrected chi connectivity index (χ0v) is 21.1. The average molecular weight is 499 g/mol. The van der Waals surface area contributed by atoms with E-state index in [4.69, 9.17) is 14.2 Å². The first-order chi connectivity index (χ1) is 16.8. The molecule has 3 rings (SSSR count). The third-order valence-corrected chi connectivity index (χ3v) is 7.05. The van der Waals surface area contributed by atoms with Crippen LogP contribution >= 0.6 is 0 Å². The topological polar surface area (TPSA) is 94.2 Å². The minimum Gasteiger partial charge on any atom is -0.494 e. The van der Waals surface area contributed by atoms with Crippen LogP contribution in [-0.4, -0.2) is 41.7 Å². The molecule has 0 spiro atoms. The van der Waals surface area contributed by atoms with Crippen LogP contribution in [0, 0.1) is 6.92 Å². The van der Waals surface area contributed by atoms with Gasteiger partial charge in [0.1, 0.15) is 12.3 Å². The van der Waals surface area contributed by atoms with Crippen LogP contribution < -0.4 is 23.8 Å². The number of aryl methyl sites for hydroxylation is 1. The third-order valence-electron chi connectivity index (χ3n) is 5.28. The second-order valence-corrected chi connectivity index (χ2v) is 9.58. The summed E-state index contributed by atoms with van der Waals surface area (Å²) in [6.45, 7) is 4.24. The van der Waals surface area contributed by atoms with Gasteiger partial charge in [-0.25, -0.2) is 8.42 Å². The highest BCUT2D eigenvalue weighted by atomic mass is 32.2. The number of sulfonamides is 1. The van der Waals surface area contributed by atoms with Gasteiger partial charge < -0.3 is 19.5 Å². The van der Waals surface area contributed by atoms with Crippen LogP contribution in [0.5, 0.6) is 17.2 Å². The molecule has 3 aromatic carbocycles. The Labute approximate surface area is 206 Å². The number of carbonyl (C=O) groups is 1. The lowest BCUT2D eigenvalue weighted by atomic mass is 10.2. The zero-order valence-electron chi connectivity index (χ0n) is 20.3. The molecule has 1 amide bonds. The van der Waals surface area contributed by atoms with Crippen molar-refractivity contribution in [3.8, 4) is 17.2 Å². The van der Waals surface area contributed by atoms with E-state index in [0.717, 1.165) is 21.2 Å². The fourth-order valence-electron chi connectivity index (χ4n) is 3.39. The predicted molar refractivity (Wildman–Crippen MR) is 135 cm³/mol. The summed E-state index contributed by atoms with van der Waals surface area (Å²) >= 11 is 0. The number of hydrogen-bond acceptors (Lipinski definition) is 6. The van der Waals surface area contributed by atoms with E-state index in [2.05, 4.69) is 5.32 Å². The summed E-state index contributed by atoms with van der Waals surface area (Å²) in [5.41, 5.74) is 2.21. The van der Waals surface area contributed by atoms with Gasteiger partial charge in [-0.2, -0.15) is 0 Å². The van der Waals surface area contributed by atoms with Gasteiger partial charge in [0.25, 0.3) is 10.0 Å². The Morgan fingerprint density at radius 2 is 1.57 bits per heavy atom. The molecule has 0 aliphatic rings. The second kappa shape index (κ2) is 11.6. The molecule has 35 heavy (non-hydrogen) atoms. The monoisotopic (exact) mass is 498 g/mol. The van der Waals surface area contributed by atoms with Crippen molar-refractivity contribution in [1.82, 2.24) is 5.32 Å². The summed E-state index contributed by atoms with van der Waals surface area (Å²) in [6.07, 6.45) is 0. The maximum atomic E-state index is 13.6. The molecule has 8 nitrogen and oxygen atoms in total. The Balaban J connectivity index is 1.84. The SMILES string of the molecule is CCOc1ccc(CNC(=O)CN(c2ccc(C)cc2)S(=O)(=O)c2ccc(OC)c(OC)c2)cc1. The van der Waals surface area contributed by atoms with Gasteiger partial charge in [-0.05, 0) is 55.8 Å². The maximum Gasteiger partial charge on any atom is 0.264 e. The standard InChI is InChI=1S/C26H30N2O6S/c1-5-34-22-12-8-20(9-13-22)17-27-26(29)18-28(21-10-6-19(2)7-11-21)35(30,31)23-14-15-24(32-3)25(16-23)33-4/h6-16H,5,17-18H2,1-4H3,(H,27,29). The summed E-state index contributed by atoms with van der Waals surface area (Å²) < 4.78 is 44.3. The fourth-order valence-corrected chi connectivity index (χ4v) is 4.82. The number of nitrogens with zero attached hydrogens (tertiary/aromatic N) is 1. The number of nitrogens with one attached hydrogen (secondary N) is 1. The van der Waals surface area contributed by atoms with Crippen LogP contribution in [-0.2, 0) is 21.4 Å². The number of amides is 1. The number of rotatable bonds is 11. The van der Waals surface area contributed by atoms with E-state index in [1.54, 1.807) is 24.3 Å². The molecule has 0 aliphatic heterocycles. The first-order valence-corrected chi connectivity index (χ1v) is 12.5. The molecule has 0 atom stereocenters. The van der Waals surface area contributed by atoms with Crippen molar-refractivity contribution in [2.24, 2.45) is 0 Å². The van der Waals surface area contributed by atoms with Crippen molar-refractivity contribution in [2.75, 3.05) is 31.7 Å². The van der Waals surface area contributed by atoms with E-state index in [1.807, 2.05) is 38.1 Å². The molecule has 0 saturated heterocycles. The number of ether oxygens (including phenoxy) is 3. The van der Waals surface area contributed by atoms with Crippen molar-refractivity contribution in [1.29, 1.82) is 0 Å². The molecule has 3 aromatic rings. The lowest BCUT2D eigenvalue weighted by molar-refractivity contribution is -0.119. The van der Waals surface area contributed by atoms with Gasteiger partial charge in [-0.1, -0.05) is 29.8 Å². The number of benzene rings is 3. The fraction of sp³-hybridized carbons (Fsp3) is 0.269. The summed E-state index contributed by atoms with van der Waals surface area (Å²) in [4.78, 5) is 12.8. The van der Waals surface area contributed by atoms with Gasteiger partial charge in [0, 0.05) is 12.6 Å². The van der Waals surface area contributed by atoms with Gasteiger partial charge in [0.15, 0.2) is 11.5 Å². The smallest absolute Gasteiger partial charge is 0.264 e. The highest BCUT2D eigenvalue weighted by Crippen LogP contribution is 2.32. The van der Waals surface area contributed by atoms with Gasteiger partial charge in [0.2, 0.25) is 5.91 Å². The highest BCUT2D eigenvalue weighted by molar-refractivity contribution is 7.92. The summed E-state index contributed by atoms with van der Waals surface area (Å²) in [6, 6.07) is 18.6. The van der Waals surface area contributed by atoms with Crippen LogP contribution in [0.3, 0.4) is 0 Å². The summed E-state index contributed by atoms with van der Waals surface area (Å²) in [7, 11) is -1.19. The molecule has 0 saturated carbocycles. The highest BCUT2D eigenvalue weighted by Gasteiger charge is 2.28. The van der Waals surface area contributed by atoms with E-state index >= 15 is 0 Å². The van der Waals surface area contributed by atoms with E-state index in [9.17, 15) is 13.2 Å². The molecule has 186 valence electrons. The molecule has 0 unspecified atom stereocenters. The molecule has 0 aromatic heterocycles. The largest absolute Gasteiger partial charge is 0.494 e. The van der Waals surface area contributed by atoms with Crippen molar-refractivity contribution in [2.45, 2.75) is 25.3 Å².